The van der Waals surface area contributed by atoms with Crippen molar-refractivity contribution in [3.63, 3.8) is 0 Å². The van der Waals surface area contributed by atoms with Gasteiger partial charge in [0.2, 0.25) is 0 Å². The lowest BCUT2D eigenvalue weighted by Crippen LogP contribution is -2.33. The predicted octanol–water partition coefficient (Wildman–Crippen LogP) is 0.881. The molecule has 1 aliphatic heterocycles. The van der Waals surface area contributed by atoms with Gasteiger partial charge in [-0.1, -0.05) is 0 Å². The summed E-state index contributed by atoms with van der Waals surface area (Å²) in [6.07, 6.45) is 6.84. The highest BCUT2D eigenvalue weighted by molar-refractivity contribution is 5.70. The standard InChI is InChI=1S/C18H19N3O/c19-17-6-8-21-18(14-5-7-20-10-16(14)17)13-4-3-12(22)9-15(13)11-1-2-11/h3-5,7,9-11,21-22H,1-2,6,8,19H2. The SMILES string of the molecule is NC1=c2cnccc2=C(c2ccc(O)cc2C2CC2)NCC1. The highest BCUT2D eigenvalue weighted by Gasteiger charge is 2.27. The largest absolute Gasteiger partial charge is 0.508 e. The van der Waals surface area contributed by atoms with E-state index in [1.54, 1.807) is 12.3 Å². The summed E-state index contributed by atoms with van der Waals surface area (Å²) in [6, 6.07) is 7.69. The normalized spacial score (nSPS) is 17.6. The Kier molecular flexibility index (Phi) is 3.03. The summed E-state index contributed by atoms with van der Waals surface area (Å²) >= 11 is 0. The maximum absolute atomic E-state index is 9.84. The first-order valence-corrected chi connectivity index (χ1v) is 7.74. The van der Waals surface area contributed by atoms with Gasteiger partial charge >= 0.3 is 0 Å². The van der Waals surface area contributed by atoms with Crippen molar-refractivity contribution < 1.29 is 5.11 Å². The second-order valence-corrected chi connectivity index (χ2v) is 6.04. The molecule has 4 heteroatoms. The van der Waals surface area contributed by atoms with Crippen LogP contribution in [0.1, 0.15) is 36.3 Å². The van der Waals surface area contributed by atoms with Crippen molar-refractivity contribution in [2.75, 3.05) is 6.54 Å². The fourth-order valence-corrected chi connectivity index (χ4v) is 3.17. The maximum Gasteiger partial charge on any atom is 0.115 e. The number of rotatable bonds is 2. The van der Waals surface area contributed by atoms with Gasteiger partial charge in [-0.05, 0) is 48.6 Å². The fraction of sp³-hybridized carbons (Fsp3) is 0.278. The smallest absolute Gasteiger partial charge is 0.115 e. The van der Waals surface area contributed by atoms with E-state index < -0.39 is 0 Å². The van der Waals surface area contributed by atoms with Crippen LogP contribution in [-0.4, -0.2) is 16.6 Å². The molecule has 0 atom stereocenters. The molecule has 0 bridgehead atoms. The molecule has 112 valence electrons. The third-order valence-corrected chi connectivity index (χ3v) is 4.45. The zero-order valence-electron chi connectivity index (χ0n) is 12.3. The third-order valence-electron chi connectivity index (χ3n) is 4.45. The van der Waals surface area contributed by atoms with E-state index in [2.05, 4.69) is 10.3 Å². The molecule has 22 heavy (non-hydrogen) atoms. The van der Waals surface area contributed by atoms with Crippen LogP contribution in [0, 0.1) is 0 Å². The molecule has 1 aromatic carbocycles. The maximum atomic E-state index is 9.84. The minimum absolute atomic E-state index is 0.334. The monoisotopic (exact) mass is 293 g/mol. The fourth-order valence-electron chi connectivity index (χ4n) is 3.17. The van der Waals surface area contributed by atoms with E-state index in [0.717, 1.165) is 34.8 Å². The number of pyridine rings is 1. The molecule has 0 amide bonds. The van der Waals surface area contributed by atoms with Crippen molar-refractivity contribution in [1.29, 1.82) is 0 Å². The van der Waals surface area contributed by atoms with Crippen LogP contribution in [0.15, 0.2) is 36.7 Å². The van der Waals surface area contributed by atoms with Gasteiger partial charge in [0.05, 0.1) is 0 Å². The molecule has 0 spiro atoms. The minimum Gasteiger partial charge on any atom is -0.508 e. The van der Waals surface area contributed by atoms with Crippen LogP contribution in [0.25, 0.3) is 11.4 Å². The van der Waals surface area contributed by atoms with Crippen LogP contribution >= 0.6 is 0 Å². The summed E-state index contributed by atoms with van der Waals surface area (Å²) in [4.78, 5) is 4.22. The van der Waals surface area contributed by atoms with Crippen molar-refractivity contribution in [2.45, 2.75) is 25.2 Å². The Balaban J connectivity index is 2.04. The van der Waals surface area contributed by atoms with Gasteiger partial charge in [0.15, 0.2) is 0 Å². The van der Waals surface area contributed by atoms with Crippen molar-refractivity contribution in [3.05, 3.63) is 58.2 Å². The number of phenols is 1. The first-order valence-electron chi connectivity index (χ1n) is 7.74. The van der Waals surface area contributed by atoms with E-state index in [4.69, 9.17) is 5.73 Å². The number of nitrogens with two attached hydrogens (primary N) is 1. The van der Waals surface area contributed by atoms with Gasteiger partial charge in [0, 0.05) is 52.8 Å². The molecule has 4 nitrogen and oxygen atoms in total. The topological polar surface area (TPSA) is 71.2 Å². The van der Waals surface area contributed by atoms with Gasteiger partial charge in [-0.25, -0.2) is 0 Å². The molecular formula is C18H19N3O. The molecule has 1 fully saturated rings. The number of nitrogens with zero attached hydrogens (tertiary/aromatic N) is 1. The summed E-state index contributed by atoms with van der Waals surface area (Å²) in [5.41, 5.74) is 10.6. The van der Waals surface area contributed by atoms with Gasteiger partial charge in [-0.2, -0.15) is 0 Å². The molecule has 4 rings (SSSR count). The number of fused-ring (bicyclic) bond motifs is 1. The Hall–Kier alpha value is -2.49. The summed E-state index contributed by atoms with van der Waals surface area (Å²) in [5, 5.41) is 15.5. The first kappa shape index (κ1) is 13.2. The van der Waals surface area contributed by atoms with Crippen molar-refractivity contribution in [2.24, 2.45) is 5.73 Å². The molecule has 1 aromatic heterocycles. The lowest BCUT2D eigenvalue weighted by molar-refractivity contribution is 0.474. The molecule has 0 unspecified atom stereocenters. The Morgan fingerprint density at radius 1 is 1.18 bits per heavy atom. The van der Waals surface area contributed by atoms with Crippen molar-refractivity contribution >= 4 is 11.4 Å². The van der Waals surface area contributed by atoms with Gasteiger partial charge in [-0.15, -0.1) is 0 Å². The average molecular weight is 293 g/mol. The molecule has 4 N–H and O–H groups in total. The van der Waals surface area contributed by atoms with E-state index in [1.807, 2.05) is 24.4 Å². The first-order chi connectivity index (χ1) is 10.7. The van der Waals surface area contributed by atoms with E-state index in [1.165, 1.54) is 24.0 Å². The highest BCUT2D eigenvalue weighted by Crippen LogP contribution is 2.43. The van der Waals surface area contributed by atoms with Crippen LogP contribution in [0.4, 0.5) is 0 Å². The lowest BCUT2D eigenvalue weighted by Gasteiger charge is -2.14. The van der Waals surface area contributed by atoms with Crippen LogP contribution < -0.4 is 21.5 Å². The molecule has 0 saturated heterocycles. The molecule has 2 aliphatic rings. The van der Waals surface area contributed by atoms with Crippen LogP contribution in [0.3, 0.4) is 0 Å². The number of hydrogen-bond donors (Lipinski definition) is 3. The molecule has 1 saturated carbocycles. The number of phenolic OH excluding ortho intramolecular Hbond substituents is 1. The summed E-state index contributed by atoms with van der Waals surface area (Å²) in [5.74, 6) is 0.896. The van der Waals surface area contributed by atoms with Crippen molar-refractivity contribution in [1.82, 2.24) is 10.3 Å². The minimum atomic E-state index is 0.334. The lowest BCUT2D eigenvalue weighted by atomic mass is 9.98. The summed E-state index contributed by atoms with van der Waals surface area (Å²) < 4.78 is 0. The zero-order valence-corrected chi connectivity index (χ0v) is 12.3. The van der Waals surface area contributed by atoms with Gasteiger partial charge < -0.3 is 16.2 Å². The second kappa shape index (κ2) is 5.05. The van der Waals surface area contributed by atoms with Crippen LogP contribution in [0.5, 0.6) is 5.75 Å². The average Bonchev–Trinajstić information content (AvgIpc) is 3.36. The summed E-state index contributed by atoms with van der Waals surface area (Å²) in [6.45, 7) is 0.806. The Morgan fingerprint density at radius 2 is 2.05 bits per heavy atom. The number of nitrogens with one attached hydrogen (secondary N) is 1. The van der Waals surface area contributed by atoms with E-state index in [-0.39, 0.29) is 0 Å². The number of aromatic hydroxyl groups is 1. The van der Waals surface area contributed by atoms with Crippen molar-refractivity contribution in [3.8, 4) is 5.75 Å². The number of aromatic nitrogens is 1. The van der Waals surface area contributed by atoms with Crippen LogP contribution in [0.2, 0.25) is 0 Å². The van der Waals surface area contributed by atoms with Gasteiger partial charge in [0.1, 0.15) is 5.75 Å². The van der Waals surface area contributed by atoms with Crippen LogP contribution in [-0.2, 0) is 0 Å². The van der Waals surface area contributed by atoms with Gasteiger partial charge in [0.25, 0.3) is 0 Å². The number of benzene rings is 1. The Labute approximate surface area is 129 Å². The molecular weight excluding hydrogens is 274 g/mol. The van der Waals surface area contributed by atoms with E-state index in [9.17, 15) is 5.11 Å². The third kappa shape index (κ3) is 2.21. The van der Waals surface area contributed by atoms with E-state index in [0.29, 0.717) is 11.7 Å². The molecule has 1 aliphatic carbocycles. The zero-order chi connectivity index (χ0) is 15.1. The van der Waals surface area contributed by atoms with E-state index >= 15 is 0 Å². The number of hydrogen-bond acceptors (Lipinski definition) is 4. The predicted molar refractivity (Wildman–Crippen MR) is 86.3 cm³/mol. The Morgan fingerprint density at radius 3 is 2.86 bits per heavy atom. The van der Waals surface area contributed by atoms with Gasteiger partial charge in [-0.3, -0.25) is 4.98 Å². The second-order valence-electron chi connectivity index (χ2n) is 6.04. The molecule has 2 heterocycles. The Bertz CT molecular complexity index is 853. The summed E-state index contributed by atoms with van der Waals surface area (Å²) in [7, 11) is 0. The molecule has 2 aromatic rings. The quantitative estimate of drug-likeness (QED) is 0.769. The molecule has 0 radical (unpaired) electrons. The highest BCUT2D eigenvalue weighted by atomic mass is 16.3.